The first-order valence-electron chi connectivity index (χ1n) is 4.61. The number of benzene rings is 1. The average molecular weight is 219 g/mol. The normalized spacial score (nSPS) is 10.4. The highest BCUT2D eigenvalue weighted by atomic mass is 19.1. The average Bonchev–Trinajstić information content (AvgIpc) is 2.15. The maximum atomic E-state index is 13.0. The SMILES string of the molecule is Cc1nc(NC(=N)N)nc2cc(F)ccc12. The van der Waals surface area contributed by atoms with E-state index in [1.54, 1.807) is 13.0 Å². The fourth-order valence-electron chi connectivity index (χ4n) is 1.44. The first-order valence-corrected chi connectivity index (χ1v) is 4.61. The molecule has 0 radical (unpaired) electrons. The lowest BCUT2D eigenvalue weighted by Crippen LogP contribution is -2.22. The van der Waals surface area contributed by atoms with E-state index < -0.39 is 0 Å². The molecular weight excluding hydrogens is 209 g/mol. The maximum Gasteiger partial charge on any atom is 0.230 e. The van der Waals surface area contributed by atoms with Gasteiger partial charge in [-0.15, -0.1) is 0 Å². The summed E-state index contributed by atoms with van der Waals surface area (Å²) < 4.78 is 13.0. The van der Waals surface area contributed by atoms with Crippen LogP contribution in [0.15, 0.2) is 18.2 Å². The van der Waals surface area contributed by atoms with Crippen LogP contribution >= 0.6 is 0 Å². The van der Waals surface area contributed by atoms with Gasteiger partial charge in [0.1, 0.15) is 5.82 Å². The Morgan fingerprint density at radius 3 is 2.88 bits per heavy atom. The van der Waals surface area contributed by atoms with Crippen LogP contribution in [-0.4, -0.2) is 15.9 Å². The molecule has 0 spiro atoms. The van der Waals surface area contributed by atoms with E-state index in [4.69, 9.17) is 11.1 Å². The van der Waals surface area contributed by atoms with Crippen molar-refractivity contribution in [3.8, 4) is 0 Å². The van der Waals surface area contributed by atoms with Gasteiger partial charge in [0.2, 0.25) is 5.95 Å². The first kappa shape index (κ1) is 10.3. The molecule has 2 aromatic rings. The highest BCUT2D eigenvalue weighted by Crippen LogP contribution is 2.17. The summed E-state index contributed by atoms with van der Waals surface area (Å²) in [5.74, 6) is -0.419. The minimum Gasteiger partial charge on any atom is -0.370 e. The van der Waals surface area contributed by atoms with Gasteiger partial charge in [-0.3, -0.25) is 10.7 Å². The molecule has 0 saturated carbocycles. The Bertz CT molecular complexity index is 566. The molecule has 6 heteroatoms. The molecule has 1 aromatic carbocycles. The number of aromatic nitrogens is 2. The number of hydrogen-bond acceptors (Lipinski definition) is 3. The number of nitrogens with one attached hydrogen (secondary N) is 2. The Balaban J connectivity index is 2.60. The Hall–Kier alpha value is -2.24. The molecule has 0 fully saturated rings. The quantitative estimate of drug-likeness (QED) is 0.499. The summed E-state index contributed by atoms with van der Waals surface area (Å²) in [6.07, 6.45) is 0. The third-order valence-corrected chi connectivity index (χ3v) is 2.10. The second-order valence-electron chi connectivity index (χ2n) is 3.33. The van der Waals surface area contributed by atoms with E-state index >= 15 is 0 Å². The highest BCUT2D eigenvalue weighted by molar-refractivity contribution is 5.89. The molecule has 4 N–H and O–H groups in total. The monoisotopic (exact) mass is 219 g/mol. The minimum absolute atomic E-state index is 0.197. The van der Waals surface area contributed by atoms with Gasteiger partial charge in [0.05, 0.1) is 11.2 Å². The molecule has 0 aliphatic rings. The van der Waals surface area contributed by atoms with Crippen molar-refractivity contribution in [3.63, 3.8) is 0 Å². The van der Waals surface area contributed by atoms with E-state index in [2.05, 4.69) is 15.3 Å². The number of fused-ring (bicyclic) bond motifs is 1. The van der Waals surface area contributed by atoms with Crippen LogP contribution in [0.3, 0.4) is 0 Å². The number of hydrogen-bond donors (Lipinski definition) is 3. The molecule has 0 amide bonds. The number of halogens is 1. The zero-order valence-electron chi connectivity index (χ0n) is 8.58. The molecule has 0 atom stereocenters. The van der Waals surface area contributed by atoms with Gasteiger partial charge in [0.25, 0.3) is 0 Å². The maximum absolute atomic E-state index is 13.0. The summed E-state index contributed by atoms with van der Waals surface area (Å²) in [7, 11) is 0. The summed E-state index contributed by atoms with van der Waals surface area (Å²) in [6.45, 7) is 1.78. The van der Waals surface area contributed by atoms with Crippen LogP contribution in [0.2, 0.25) is 0 Å². The van der Waals surface area contributed by atoms with Crippen LogP contribution in [0.4, 0.5) is 10.3 Å². The summed E-state index contributed by atoms with van der Waals surface area (Å²) >= 11 is 0. The van der Waals surface area contributed by atoms with Crippen molar-refractivity contribution in [2.45, 2.75) is 6.92 Å². The molecule has 2 rings (SSSR count). The van der Waals surface area contributed by atoms with Crippen LogP contribution in [0.1, 0.15) is 5.69 Å². The van der Waals surface area contributed by atoms with Gasteiger partial charge in [0.15, 0.2) is 5.96 Å². The minimum atomic E-state index is -0.362. The first-order chi connectivity index (χ1) is 7.56. The van der Waals surface area contributed by atoms with E-state index in [-0.39, 0.29) is 17.7 Å². The third-order valence-electron chi connectivity index (χ3n) is 2.10. The number of rotatable bonds is 1. The lowest BCUT2D eigenvalue weighted by Gasteiger charge is -2.06. The molecule has 16 heavy (non-hydrogen) atoms. The number of guanidine groups is 1. The van der Waals surface area contributed by atoms with Crippen molar-refractivity contribution in [3.05, 3.63) is 29.7 Å². The van der Waals surface area contributed by atoms with Crippen molar-refractivity contribution in [1.29, 1.82) is 5.41 Å². The van der Waals surface area contributed by atoms with Crippen molar-refractivity contribution in [1.82, 2.24) is 9.97 Å². The zero-order valence-corrected chi connectivity index (χ0v) is 8.58. The van der Waals surface area contributed by atoms with Gasteiger partial charge in [-0.05, 0) is 19.1 Å². The molecule has 0 unspecified atom stereocenters. The van der Waals surface area contributed by atoms with Gasteiger partial charge in [-0.1, -0.05) is 0 Å². The van der Waals surface area contributed by atoms with Crippen LogP contribution < -0.4 is 11.1 Å². The molecule has 82 valence electrons. The fourth-order valence-corrected chi connectivity index (χ4v) is 1.44. The van der Waals surface area contributed by atoms with Crippen molar-refractivity contribution < 1.29 is 4.39 Å². The summed E-state index contributed by atoms with van der Waals surface area (Å²) in [6, 6.07) is 4.30. The molecule has 0 saturated heterocycles. The van der Waals surface area contributed by atoms with Gasteiger partial charge in [-0.25, -0.2) is 14.4 Å². The van der Waals surface area contributed by atoms with Crippen molar-refractivity contribution in [2.75, 3.05) is 5.32 Å². The van der Waals surface area contributed by atoms with E-state index in [0.29, 0.717) is 11.2 Å². The van der Waals surface area contributed by atoms with Crippen molar-refractivity contribution in [2.24, 2.45) is 5.73 Å². The molecule has 1 heterocycles. The molecular formula is C10H10FN5. The molecule has 0 aliphatic heterocycles. The molecule has 5 nitrogen and oxygen atoms in total. The van der Waals surface area contributed by atoms with E-state index in [0.717, 1.165) is 5.39 Å². The van der Waals surface area contributed by atoms with Crippen LogP contribution in [-0.2, 0) is 0 Å². The number of nitrogens with two attached hydrogens (primary N) is 1. The summed E-state index contributed by atoms with van der Waals surface area (Å²) in [5, 5.41) is 10.3. The Morgan fingerprint density at radius 2 is 2.19 bits per heavy atom. The Labute approximate surface area is 91.0 Å². The topological polar surface area (TPSA) is 87.7 Å². The number of aryl methyl sites for hydroxylation is 1. The van der Waals surface area contributed by atoms with E-state index in [1.807, 2.05) is 0 Å². The van der Waals surface area contributed by atoms with E-state index in [1.165, 1.54) is 12.1 Å². The molecule has 1 aromatic heterocycles. The number of nitrogens with zero attached hydrogens (tertiary/aromatic N) is 2. The standard InChI is InChI=1S/C10H10FN5/c1-5-7-3-2-6(11)4-8(7)15-10(14-5)16-9(12)13/h2-4H,1H3,(H4,12,13,14,15,16). The lowest BCUT2D eigenvalue weighted by atomic mass is 10.2. The number of anilines is 1. The predicted molar refractivity (Wildman–Crippen MR) is 59.8 cm³/mol. The van der Waals surface area contributed by atoms with Crippen LogP contribution in [0.25, 0.3) is 10.9 Å². The second kappa shape index (κ2) is 3.73. The summed E-state index contributed by atoms with van der Waals surface area (Å²) in [4.78, 5) is 8.16. The third kappa shape index (κ3) is 1.90. The Kier molecular flexibility index (Phi) is 2.40. The smallest absolute Gasteiger partial charge is 0.230 e. The Morgan fingerprint density at radius 1 is 1.44 bits per heavy atom. The molecule has 0 bridgehead atoms. The highest BCUT2D eigenvalue weighted by Gasteiger charge is 2.05. The van der Waals surface area contributed by atoms with Crippen LogP contribution in [0, 0.1) is 18.2 Å². The predicted octanol–water partition coefficient (Wildman–Crippen LogP) is 1.38. The van der Waals surface area contributed by atoms with Gasteiger partial charge in [0, 0.05) is 11.5 Å². The molecule has 0 aliphatic carbocycles. The van der Waals surface area contributed by atoms with Gasteiger partial charge in [-0.2, -0.15) is 0 Å². The van der Waals surface area contributed by atoms with Gasteiger partial charge >= 0.3 is 0 Å². The van der Waals surface area contributed by atoms with Crippen molar-refractivity contribution >= 4 is 22.8 Å². The fraction of sp³-hybridized carbons (Fsp3) is 0.100. The van der Waals surface area contributed by atoms with E-state index in [9.17, 15) is 4.39 Å². The summed E-state index contributed by atoms with van der Waals surface area (Å²) in [5.41, 5.74) is 6.35. The second-order valence-corrected chi connectivity index (χ2v) is 3.33. The van der Waals surface area contributed by atoms with Gasteiger partial charge < -0.3 is 5.73 Å². The lowest BCUT2D eigenvalue weighted by molar-refractivity contribution is 0.629. The largest absolute Gasteiger partial charge is 0.370 e. The van der Waals surface area contributed by atoms with Crippen LogP contribution in [0.5, 0.6) is 0 Å². The zero-order chi connectivity index (χ0) is 11.7.